The average molecular weight is 260 g/mol. The van der Waals surface area contributed by atoms with Crippen LogP contribution in [0.25, 0.3) is 0 Å². The number of benzene rings is 1. The van der Waals surface area contributed by atoms with Crippen molar-refractivity contribution in [1.29, 1.82) is 0 Å². The minimum atomic E-state index is 0.137. The van der Waals surface area contributed by atoms with E-state index in [0.717, 1.165) is 43.1 Å². The van der Waals surface area contributed by atoms with Gasteiger partial charge in [0.2, 0.25) is 0 Å². The second-order valence-electron chi connectivity index (χ2n) is 5.58. The fraction of sp³-hybridized carbons (Fsp3) is 0.562. The average Bonchev–Trinajstić information content (AvgIpc) is 2.45. The summed E-state index contributed by atoms with van der Waals surface area (Å²) in [7, 11) is 1.91. The van der Waals surface area contributed by atoms with E-state index in [9.17, 15) is 4.79 Å². The fourth-order valence-electron chi connectivity index (χ4n) is 2.65. The van der Waals surface area contributed by atoms with E-state index >= 15 is 0 Å². The number of piperidine rings is 1. The zero-order valence-electron chi connectivity index (χ0n) is 12.0. The molecule has 1 heterocycles. The molecule has 1 aromatic carbocycles. The molecule has 1 aromatic rings. The Kier molecular flexibility index (Phi) is 4.97. The fourth-order valence-corrected chi connectivity index (χ4v) is 2.65. The first kappa shape index (κ1) is 14.1. The summed E-state index contributed by atoms with van der Waals surface area (Å²) >= 11 is 0. The summed E-state index contributed by atoms with van der Waals surface area (Å²) in [6.45, 7) is 5.13. The normalized spacial score (nSPS) is 16.3. The van der Waals surface area contributed by atoms with Crippen LogP contribution in [-0.2, 0) is 0 Å². The minimum absolute atomic E-state index is 0.137. The first-order chi connectivity index (χ1) is 9.16. The van der Waals surface area contributed by atoms with Gasteiger partial charge >= 0.3 is 0 Å². The molecule has 104 valence electrons. The number of nitrogens with zero attached hydrogens (tertiary/aromatic N) is 1. The molecule has 0 radical (unpaired) electrons. The summed E-state index contributed by atoms with van der Waals surface area (Å²) in [6, 6.07) is 7.83. The highest BCUT2D eigenvalue weighted by atomic mass is 16.2. The molecule has 2 rings (SSSR count). The van der Waals surface area contributed by atoms with Gasteiger partial charge < -0.3 is 10.2 Å². The van der Waals surface area contributed by atoms with E-state index < -0.39 is 0 Å². The third kappa shape index (κ3) is 4.06. The maximum absolute atomic E-state index is 12.3. The Labute approximate surface area is 116 Å². The van der Waals surface area contributed by atoms with Crippen LogP contribution in [0.4, 0.5) is 0 Å². The summed E-state index contributed by atoms with van der Waals surface area (Å²) in [5.41, 5.74) is 1.94. The number of carbonyl (C=O) groups is 1. The van der Waals surface area contributed by atoms with Crippen molar-refractivity contribution in [3.63, 3.8) is 0 Å². The number of hydrogen-bond donors (Lipinski definition) is 1. The van der Waals surface area contributed by atoms with E-state index in [1.807, 2.05) is 43.1 Å². The first-order valence-corrected chi connectivity index (χ1v) is 7.19. The molecule has 1 fully saturated rings. The quantitative estimate of drug-likeness (QED) is 0.902. The highest BCUT2D eigenvalue weighted by Crippen LogP contribution is 2.16. The van der Waals surface area contributed by atoms with E-state index in [0.29, 0.717) is 0 Å². The number of rotatable bonds is 4. The summed E-state index contributed by atoms with van der Waals surface area (Å²) in [5.74, 6) is 0.909. The second kappa shape index (κ2) is 6.71. The zero-order valence-corrected chi connectivity index (χ0v) is 12.0. The summed E-state index contributed by atoms with van der Waals surface area (Å²) in [4.78, 5) is 14.1. The lowest BCUT2D eigenvalue weighted by atomic mass is 9.94. The molecule has 1 amide bonds. The smallest absolute Gasteiger partial charge is 0.253 e. The van der Waals surface area contributed by atoms with E-state index in [4.69, 9.17) is 0 Å². The van der Waals surface area contributed by atoms with Crippen LogP contribution in [0.3, 0.4) is 0 Å². The third-order valence-corrected chi connectivity index (χ3v) is 3.94. The van der Waals surface area contributed by atoms with Crippen LogP contribution in [0, 0.1) is 12.8 Å². The predicted octanol–water partition coefficient (Wildman–Crippen LogP) is 2.46. The first-order valence-electron chi connectivity index (χ1n) is 7.19. The Bertz CT molecular complexity index is 425. The molecule has 1 aliphatic rings. The molecule has 0 bridgehead atoms. The van der Waals surface area contributed by atoms with Crippen LogP contribution >= 0.6 is 0 Å². The van der Waals surface area contributed by atoms with Crippen LogP contribution in [0.2, 0.25) is 0 Å². The van der Waals surface area contributed by atoms with Crippen LogP contribution in [-0.4, -0.2) is 37.5 Å². The Morgan fingerprint density at radius 3 is 2.79 bits per heavy atom. The highest BCUT2D eigenvalue weighted by molar-refractivity contribution is 5.94. The molecular formula is C16H24N2O. The topological polar surface area (TPSA) is 32.3 Å². The molecule has 1 aliphatic heterocycles. The monoisotopic (exact) mass is 260 g/mol. The van der Waals surface area contributed by atoms with Crippen molar-refractivity contribution < 1.29 is 4.79 Å². The second-order valence-corrected chi connectivity index (χ2v) is 5.58. The lowest BCUT2D eigenvalue weighted by molar-refractivity contribution is 0.0784. The van der Waals surface area contributed by atoms with Crippen LogP contribution < -0.4 is 5.32 Å². The molecule has 3 heteroatoms. The highest BCUT2D eigenvalue weighted by Gasteiger charge is 2.16. The summed E-state index contributed by atoms with van der Waals surface area (Å²) in [5, 5.41) is 3.38. The molecule has 0 aliphatic carbocycles. The van der Waals surface area contributed by atoms with Gasteiger partial charge in [0.25, 0.3) is 5.91 Å². The number of carbonyl (C=O) groups excluding carboxylic acids is 1. The van der Waals surface area contributed by atoms with Gasteiger partial charge in [-0.1, -0.05) is 17.7 Å². The van der Waals surface area contributed by atoms with Gasteiger partial charge in [0.05, 0.1) is 0 Å². The molecule has 19 heavy (non-hydrogen) atoms. The molecule has 0 atom stereocenters. The molecule has 0 spiro atoms. The van der Waals surface area contributed by atoms with Gasteiger partial charge in [-0.3, -0.25) is 4.79 Å². The van der Waals surface area contributed by atoms with Crippen LogP contribution in [0.5, 0.6) is 0 Å². The van der Waals surface area contributed by atoms with Crippen LogP contribution in [0.1, 0.15) is 35.2 Å². The number of nitrogens with one attached hydrogen (secondary N) is 1. The standard InChI is InChI=1S/C16H24N2O/c1-13-4-3-5-15(12-13)16(19)18(2)11-8-14-6-9-17-10-7-14/h3-5,12,14,17H,6-11H2,1-2H3. The molecule has 3 nitrogen and oxygen atoms in total. The van der Waals surface area contributed by atoms with Gasteiger partial charge in [-0.2, -0.15) is 0 Å². The lowest BCUT2D eigenvalue weighted by Crippen LogP contribution is -2.32. The van der Waals surface area contributed by atoms with Crippen molar-refractivity contribution >= 4 is 5.91 Å². The molecule has 0 aromatic heterocycles. The Morgan fingerprint density at radius 2 is 2.11 bits per heavy atom. The summed E-state index contributed by atoms with van der Waals surface area (Å²) < 4.78 is 0. The maximum Gasteiger partial charge on any atom is 0.253 e. The van der Waals surface area contributed by atoms with E-state index in [-0.39, 0.29) is 5.91 Å². The lowest BCUT2D eigenvalue weighted by Gasteiger charge is -2.25. The van der Waals surface area contributed by atoms with Crippen molar-refractivity contribution in [3.8, 4) is 0 Å². The van der Waals surface area contributed by atoms with Gasteiger partial charge in [0.1, 0.15) is 0 Å². The van der Waals surface area contributed by atoms with Gasteiger partial charge in [-0.15, -0.1) is 0 Å². The zero-order chi connectivity index (χ0) is 13.7. The largest absolute Gasteiger partial charge is 0.342 e. The summed E-state index contributed by atoms with van der Waals surface area (Å²) in [6.07, 6.45) is 3.61. The number of amides is 1. The molecule has 1 N–H and O–H groups in total. The Balaban J connectivity index is 1.85. The van der Waals surface area contributed by atoms with Crippen molar-refractivity contribution in [2.75, 3.05) is 26.7 Å². The third-order valence-electron chi connectivity index (χ3n) is 3.94. The minimum Gasteiger partial charge on any atom is -0.342 e. The predicted molar refractivity (Wildman–Crippen MR) is 78.4 cm³/mol. The Hall–Kier alpha value is -1.35. The van der Waals surface area contributed by atoms with Crippen molar-refractivity contribution in [2.45, 2.75) is 26.2 Å². The van der Waals surface area contributed by atoms with E-state index in [2.05, 4.69) is 5.32 Å². The maximum atomic E-state index is 12.3. The number of hydrogen-bond acceptors (Lipinski definition) is 2. The van der Waals surface area contributed by atoms with Gasteiger partial charge in [0.15, 0.2) is 0 Å². The van der Waals surface area contributed by atoms with Gasteiger partial charge in [-0.05, 0) is 57.3 Å². The van der Waals surface area contributed by atoms with Crippen molar-refractivity contribution in [2.24, 2.45) is 5.92 Å². The van der Waals surface area contributed by atoms with E-state index in [1.165, 1.54) is 12.8 Å². The van der Waals surface area contributed by atoms with Crippen molar-refractivity contribution in [1.82, 2.24) is 10.2 Å². The SMILES string of the molecule is Cc1cccc(C(=O)N(C)CCC2CCNCC2)c1. The molecular weight excluding hydrogens is 236 g/mol. The van der Waals surface area contributed by atoms with Crippen molar-refractivity contribution in [3.05, 3.63) is 35.4 Å². The molecule has 0 unspecified atom stereocenters. The van der Waals surface area contributed by atoms with Gasteiger partial charge in [-0.25, -0.2) is 0 Å². The number of aryl methyl sites for hydroxylation is 1. The van der Waals surface area contributed by atoms with Gasteiger partial charge in [0, 0.05) is 19.2 Å². The Morgan fingerprint density at radius 1 is 1.37 bits per heavy atom. The molecule has 1 saturated heterocycles. The molecule has 0 saturated carbocycles. The van der Waals surface area contributed by atoms with Crippen LogP contribution in [0.15, 0.2) is 24.3 Å². The van der Waals surface area contributed by atoms with E-state index in [1.54, 1.807) is 0 Å².